The van der Waals surface area contributed by atoms with Crippen LogP contribution in [0.25, 0.3) is 0 Å². The van der Waals surface area contributed by atoms with Crippen LogP contribution >= 0.6 is 0 Å². The molecule has 1 N–H and O–H groups in total. The minimum atomic E-state index is -0.567. The minimum Gasteiger partial charge on any atom is -0.386 e. The van der Waals surface area contributed by atoms with E-state index in [1.165, 1.54) is 0 Å². The Labute approximate surface area is 114 Å². The van der Waals surface area contributed by atoms with Crippen molar-refractivity contribution in [3.63, 3.8) is 0 Å². The van der Waals surface area contributed by atoms with Crippen LogP contribution < -0.4 is 0 Å². The Morgan fingerprint density at radius 2 is 1.63 bits per heavy atom. The molecule has 0 spiro atoms. The summed E-state index contributed by atoms with van der Waals surface area (Å²) in [7, 11) is 0. The number of aliphatic hydroxyl groups excluding tert-OH is 1. The Hall–Kier alpha value is -1.64. The molecular weight excluding hydrogens is 236 g/mol. The van der Waals surface area contributed by atoms with Crippen LogP contribution in [-0.4, -0.2) is 11.7 Å². The predicted molar refractivity (Wildman–Crippen MR) is 77.0 cm³/mol. The van der Waals surface area contributed by atoms with E-state index in [0.29, 0.717) is 13.2 Å². The predicted octanol–water partition coefficient (Wildman–Crippen LogP) is 3.55. The highest BCUT2D eigenvalue weighted by atomic mass is 16.5. The second-order valence-electron chi connectivity index (χ2n) is 4.94. The van der Waals surface area contributed by atoms with E-state index >= 15 is 0 Å². The van der Waals surface area contributed by atoms with Crippen LogP contribution in [0.5, 0.6) is 0 Å². The number of hydrogen-bond acceptors (Lipinski definition) is 2. The van der Waals surface area contributed by atoms with Gasteiger partial charge in [-0.2, -0.15) is 0 Å². The van der Waals surface area contributed by atoms with Crippen molar-refractivity contribution in [2.75, 3.05) is 6.61 Å². The van der Waals surface area contributed by atoms with Crippen LogP contribution in [0.15, 0.2) is 48.5 Å². The summed E-state index contributed by atoms with van der Waals surface area (Å²) in [5.41, 5.74) is 4.37. The van der Waals surface area contributed by atoms with Crippen molar-refractivity contribution < 1.29 is 9.84 Å². The van der Waals surface area contributed by atoms with Crippen LogP contribution in [-0.2, 0) is 11.3 Å². The lowest BCUT2D eigenvalue weighted by Crippen LogP contribution is -2.07. The summed E-state index contributed by atoms with van der Waals surface area (Å²) in [5, 5.41) is 10.1. The third-order valence-corrected chi connectivity index (χ3v) is 3.02. The number of ether oxygens (including phenoxy) is 1. The third-order valence-electron chi connectivity index (χ3n) is 3.02. The summed E-state index contributed by atoms with van der Waals surface area (Å²) in [6.07, 6.45) is -0.567. The van der Waals surface area contributed by atoms with Gasteiger partial charge in [0, 0.05) is 0 Å². The summed E-state index contributed by atoms with van der Waals surface area (Å²) in [6, 6.07) is 16.1. The fourth-order valence-corrected chi connectivity index (χ4v) is 2.16. The van der Waals surface area contributed by atoms with E-state index in [4.69, 9.17) is 4.74 Å². The third kappa shape index (κ3) is 4.19. The van der Waals surface area contributed by atoms with Crippen LogP contribution in [0.2, 0.25) is 0 Å². The van der Waals surface area contributed by atoms with Gasteiger partial charge in [0.2, 0.25) is 0 Å². The van der Waals surface area contributed by atoms with Crippen molar-refractivity contribution in [2.24, 2.45) is 0 Å². The van der Waals surface area contributed by atoms with Crippen molar-refractivity contribution in [2.45, 2.75) is 26.6 Å². The molecule has 2 rings (SSSR count). The molecule has 0 saturated heterocycles. The van der Waals surface area contributed by atoms with Crippen molar-refractivity contribution >= 4 is 0 Å². The first-order valence-corrected chi connectivity index (χ1v) is 6.53. The second kappa shape index (κ2) is 6.50. The Morgan fingerprint density at radius 3 is 2.26 bits per heavy atom. The maximum Gasteiger partial charge on any atom is 0.102 e. The maximum absolute atomic E-state index is 10.1. The van der Waals surface area contributed by atoms with Crippen LogP contribution in [0, 0.1) is 13.8 Å². The molecule has 0 saturated carbocycles. The first kappa shape index (κ1) is 13.8. The molecule has 100 valence electrons. The first-order chi connectivity index (χ1) is 9.15. The molecule has 0 radical (unpaired) electrons. The van der Waals surface area contributed by atoms with Crippen LogP contribution in [0.4, 0.5) is 0 Å². The first-order valence-electron chi connectivity index (χ1n) is 6.53. The lowest BCUT2D eigenvalue weighted by atomic mass is 10.0. The normalized spacial score (nSPS) is 12.4. The molecule has 2 aromatic carbocycles. The molecule has 1 atom stereocenters. The van der Waals surface area contributed by atoms with Gasteiger partial charge in [-0.25, -0.2) is 0 Å². The molecule has 0 aromatic heterocycles. The number of benzene rings is 2. The number of rotatable bonds is 5. The van der Waals surface area contributed by atoms with Crippen LogP contribution in [0.1, 0.15) is 28.4 Å². The van der Waals surface area contributed by atoms with E-state index in [0.717, 1.165) is 22.3 Å². The molecule has 2 aromatic rings. The van der Waals surface area contributed by atoms with E-state index in [2.05, 4.69) is 6.07 Å². The zero-order valence-corrected chi connectivity index (χ0v) is 11.5. The Bertz CT molecular complexity index is 500. The summed E-state index contributed by atoms with van der Waals surface area (Å²) in [4.78, 5) is 0. The molecule has 0 bridgehead atoms. The number of hydrogen-bond donors (Lipinski definition) is 1. The van der Waals surface area contributed by atoms with Gasteiger partial charge in [-0.15, -0.1) is 0 Å². The lowest BCUT2D eigenvalue weighted by molar-refractivity contribution is 0.0276. The summed E-state index contributed by atoms with van der Waals surface area (Å²) < 4.78 is 5.57. The monoisotopic (exact) mass is 256 g/mol. The van der Waals surface area contributed by atoms with Gasteiger partial charge in [0.15, 0.2) is 0 Å². The Balaban J connectivity index is 1.89. The molecule has 0 amide bonds. The second-order valence-corrected chi connectivity index (χ2v) is 4.94. The standard InChI is InChI=1S/C17H20O2/c1-13-8-14(2)10-16(9-13)17(18)12-19-11-15-6-4-3-5-7-15/h3-10,17-18H,11-12H2,1-2H3. The van der Waals surface area contributed by atoms with Gasteiger partial charge < -0.3 is 9.84 Å². The molecule has 0 aliphatic carbocycles. The fraction of sp³-hybridized carbons (Fsp3) is 0.294. The van der Waals surface area contributed by atoms with E-state index in [1.54, 1.807) is 0 Å². The van der Waals surface area contributed by atoms with E-state index in [1.807, 2.05) is 56.3 Å². The molecule has 0 aliphatic rings. The molecule has 0 fully saturated rings. The maximum atomic E-state index is 10.1. The topological polar surface area (TPSA) is 29.5 Å². The van der Waals surface area contributed by atoms with Gasteiger partial charge in [0.05, 0.1) is 13.2 Å². The van der Waals surface area contributed by atoms with E-state index in [-0.39, 0.29) is 0 Å². The SMILES string of the molecule is Cc1cc(C)cc(C(O)COCc2ccccc2)c1. The van der Waals surface area contributed by atoms with Crippen LogP contribution in [0.3, 0.4) is 0 Å². The highest BCUT2D eigenvalue weighted by molar-refractivity contribution is 5.29. The van der Waals surface area contributed by atoms with Gasteiger partial charge >= 0.3 is 0 Å². The largest absolute Gasteiger partial charge is 0.386 e. The van der Waals surface area contributed by atoms with Gasteiger partial charge in [-0.3, -0.25) is 0 Å². The van der Waals surface area contributed by atoms with E-state index < -0.39 is 6.10 Å². The average Bonchev–Trinajstić information content (AvgIpc) is 2.38. The van der Waals surface area contributed by atoms with Crippen molar-refractivity contribution in [1.82, 2.24) is 0 Å². The Morgan fingerprint density at radius 1 is 1.00 bits per heavy atom. The summed E-state index contributed by atoms with van der Waals surface area (Å²) in [6.45, 7) is 4.92. The highest BCUT2D eigenvalue weighted by Crippen LogP contribution is 2.17. The average molecular weight is 256 g/mol. The van der Waals surface area contributed by atoms with E-state index in [9.17, 15) is 5.11 Å². The number of aliphatic hydroxyl groups is 1. The minimum absolute atomic E-state index is 0.317. The highest BCUT2D eigenvalue weighted by Gasteiger charge is 2.08. The van der Waals surface area contributed by atoms with Crippen molar-refractivity contribution in [1.29, 1.82) is 0 Å². The molecule has 19 heavy (non-hydrogen) atoms. The van der Waals surface area contributed by atoms with Crippen molar-refractivity contribution in [3.8, 4) is 0 Å². The van der Waals surface area contributed by atoms with Crippen molar-refractivity contribution in [3.05, 3.63) is 70.8 Å². The summed E-state index contributed by atoms with van der Waals surface area (Å²) >= 11 is 0. The van der Waals surface area contributed by atoms with Gasteiger partial charge in [-0.1, -0.05) is 59.7 Å². The zero-order chi connectivity index (χ0) is 13.7. The summed E-state index contributed by atoms with van der Waals surface area (Å²) in [5.74, 6) is 0. The molecule has 1 unspecified atom stereocenters. The molecule has 0 heterocycles. The molecule has 2 nitrogen and oxygen atoms in total. The molecule has 2 heteroatoms. The molecular formula is C17H20O2. The zero-order valence-electron chi connectivity index (χ0n) is 11.5. The number of aryl methyl sites for hydroxylation is 2. The van der Waals surface area contributed by atoms with Gasteiger partial charge in [-0.05, 0) is 25.0 Å². The Kier molecular flexibility index (Phi) is 4.72. The smallest absolute Gasteiger partial charge is 0.102 e. The molecule has 0 aliphatic heterocycles. The lowest BCUT2D eigenvalue weighted by Gasteiger charge is -2.13. The fourth-order valence-electron chi connectivity index (χ4n) is 2.16. The van der Waals surface area contributed by atoms with Gasteiger partial charge in [0.25, 0.3) is 0 Å². The van der Waals surface area contributed by atoms with Gasteiger partial charge in [0.1, 0.15) is 6.10 Å². The quantitative estimate of drug-likeness (QED) is 0.886.